The Hall–Kier alpha value is -2.95. The number of unbranched alkanes of at least 4 members (excludes halogenated alkanes) is 1. The predicted molar refractivity (Wildman–Crippen MR) is 118 cm³/mol. The number of nitrogens with zero attached hydrogens (tertiary/aromatic N) is 2. The molecule has 2 aliphatic heterocycles. The van der Waals surface area contributed by atoms with Crippen molar-refractivity contribution in [1.82, 2.24) is 4.90 Å². The van der Waals surface area contributed by atoms with E-state index < -0.39 is 0 Å². The number of benzene rings is 2. The molecule has 0 aromatic heterocycles. The van der Waals surface area contributed by atoms with Gasteiger partial charge in [0.2, 0.25) is 0 Å². The van der Waals surface area contributed by atoms with Gasteiger partial charge >= 0.3 is 0 Å². The summed E-state index contributed by atoms with van der Waals surface area (Å²) in [6.07, 6.45) is 4.41. The van der Waals surface area contributed by atoms with Gasteiger partial charge in [-0.3, -0.25) is 4.79 Å². The predicted octanol–water partition coefficient (Wildman–Crippen LogP) is 4.38. The molecule has 1 fully saturated rings. The summed E-state index contributed by atoms with van der Waals surface area (Å²) in [5.41, 5.74) is 4.15. The highest BCUT2D eigenvalue weighted by Gasteiger charge is 2.32. The second kappa shape index (κ2) is 8.60. The zero-order valence-electron chi connectivity index (χ0n) is 17.2. The van der Waals surface area contributed by atoms with Crippen LogP contribution in [0.4, 0.5) is 11.4 Å². The van der Waals surface area contributed by atoms with E-state index in [1.807, 2.05) is 24.3 Å². The van der Waals surface area contributed by atoms with Crippen molar-refractivity contribution >= 4 is 17.3 Å². The molecular weight excluding hydrogens is 362 g/mol. The Balaban J connectivity index is 1.33. The highest BCUT2D eigenvalue weighted by atomic mass is 16.5. The second-order valence-electron chi connectivity index (χ2n) is 7.95. The summed E-state index contributed by atoms with van der Waals surface area (Å²) in [5.74, 6) is 1.34. The average molecular weight is 392 g/mol. The van der Waals surface area contributed by atoms with Crippen molar-refractivity contribution < 1.29 is 9.53 Å². The molecule has 1 N–H and O–H groups in total. The number of rotatable bonds is 7. The molecule has 29 heavy (non-hydrogen) atoms. The summed E-state index contributed by atoms with van der Waals surface area (Å²) < 4.78 is 5.65. The Kier molecular flexibility index (Phi) is 5.74. The van der Waals surface area contributed by atoms with Crippen LogP contribution >= 0.6 is 0 Å². The lowest BCUT2D eigenvalue weighted by Gasteiger charge is -2.20. The number of amides is 1. The molecule has 2 aromatic carbocycles. The van der Waals surface area contributed by atoms with Crippen LogP contribution in [0.3, 0.4) is 0 Å². The molecule has 2 aromatic rings. The highest BCUT2D eigenvalue weighted by Crippen LogP contribution is 2.32. The largest absolute Gasteiger partial charge is 0.494 e. The second-order valence-corrected chi connectivity index (χ2v) is 7.95. The lowest BCUT2D eigenvalue weighted by molar-refractivity contribution is 0.102. The van der Waals surface area contributed by atoms with Gasteiger partial charge in [-0.2, -0.15) is 0 Å². The SMILES string of the molecule is CCCCOc1ccc(C(=O)Nc2ccc(N3CC4=CN(C)CC4C3)cc2)cc1. The van der Waals surface area contributed by atoms with Crippen LogP contribution in [0, 0.1) is 5.92 Å². The monoisotopic (exact) mass is 391 g/mol. The van der Waals surface area contributed by atoms with Crippen LogP contribution in [-0.4, -0.2) is 44.1 Å². The van der Waals surface area contributed by atoms with Gasteiger partial charge in [0, 0.05) is 55.7 Å². The van der Waals surface area contributed by atoms with Gasteiger partial charge in [-0.15, -0.1) is 0 Å². The highest BCUT2D eigenvalue weighted by molar-refractivity contribution is 6.04. The van der Waals surface area contributed by atoms with Gasteiger partial charge in [-0.25, -0.2) is 0 Å². The number of ether oxygens (including phenoxy) is 1. The molecule has 1 saturated heterocycles. The van der Waals surface area contributed by atoms with Crippen molar-refractivity contribution in [2.75, 3.05) is 43.5 Å². The summed E-state index contributed by atoms with van der Waals surface area (Å²) in [6, 6.07) is 15.4. The lowest BCUT2D eigenvalue weighted by atomic mass is 10.1. The fraction of sp³-hybridized carbons (Fsp3) is 0.375. The summed E-state index contributed by atoms with van der Waals surface area (Å²) >= 11 is 0. The van der Waals surface area contributed by atoms with Gasteiger partial charge in [0.05, 0.1) is 6.61 Å². The number of fused-ring (bicyclic) bond motifs is 1. The van der Waals surface area contributed by atoms with Gasteiger partial charge in [-0.05, 0) is 60.5 Å². The zero-order valence-corrected chi connectivity index (χ0v) is 17.2. The van der Waals surface area contributed by atoms with E-state index in [0.717, 1.165) is 43.9 Å². The fourth-order valence-corrected chi connectivity index (χ4v) is 3.99. The van der Waals surface area contributed by atoms with Crippen LogP contribution in [0.1, 0.15) is 30.1 Å². The molecule has 2 aliphatic rings. The van der Waals surface area contributed by atoms with Crippen LogP contribution in [0.2, 0.25) is 0 Å². The number of hydrogen-bond donors (Lipinski definition) is 1. The number of carbonyl (C=O) groups excluding carboxylic acids is 1. The van der Waals surface area contributed by atoms with Crippen LogP contribution in [0.25, 0.3) is 0 Å². The maximum Gasteiger partial charge on any atom is 0.255 e. The first-order valence-electron chi connectivity index (χ1n) is 10.4. The van der Waals surface area contributed by atoms with Gasteiger partial charge in [0.25, 0.3) is 5.91 Å². The van der Waals surface area contributed by atoms with E-state index >= 15 is 0 Å². The molecule has 1 unspecified atom stereocenters. The first-order chi connectivity index (χ1) is 14.1. The smallest absolute Gasteiger partial charge is 0.255 e. The summed E-state index contributed by atoms with van der Waals surface area (Å²) in [4.78, 5) is 17.2. The maximum absolute atomic E-state index is 12.5. The quantitative estimate of drug-likeness (QED) is 0.712. The van der Waals surface area contributed by atoms with Crippen LogP contribution < -0.4 is 15.0 Å². The van der Waals surface area contributed by atoms with Crippen LogP contribution in [0.5, 0.6) is 5.75 Å². The Morgan fingerprint density at radius 1 is 1.10 bits per heavy atom. The van der Waals surface area contributed by atoms with Crippen LogP contribution in [0.15, 0.2) is 60.3 Å². The molecule has 5 nitrogen and oxygen atoms in total. The minimum Gasteiger partial charge on any atom is -0.494 e. The third-order valence-corrected chi connectivity index (χ3v) is 5.61. The molecule has 1 amide bonds. The first kappa shape index (κ1) is 19.4. The first-order valence-corrected chi connectivity index (χ1v) is 10.4. The van der Waals surface area contributed by atoms with Gasteiger partial charge < -0.3 is 19.9 Å². The van der Waals surface area contributed by atoms with Crippen molar-refractivity contribution in [2.45, 2.75) is 19.8 Å². The standard InChI is InChI=1S/C24H29N3O2/c1-3-4-13-29-23-11-5-18(6-12-23)24(28)25-21-7-9-22(10-8-21)27-16-19-14-26(2)15-20(19)17-27/h5-12,14,20H,3-4,13,15-17H2,1-2H3,(H,25,28). The molecule has 0 radical (unpaired) electrons. The van der Waals surface area contributed by atoms with Crippen molar-refractivity contribution in [3.8, 4) is 5.75 Å². The van der Waals surface area contributed by atoms with Gasteiger partial charge in [0.1, 0.15) is 5.75 Å². The molecule has 0 aliphatic carbocycles. The summed E-state index contributed by atoms with van der Waals surface area (Å²) in [6.45, 7) is 6.01. The van der Waals surface area contributed by atoms with E-state index in [1.54, 1.807) is 12.1 Å². The number of nitrogens with one attached hydrogen (secondary N) is 1. The van der Waals surface area contributed by atoms with E-state index in [9.17, 15) is 4.79 Å². The number of hydrogen-bond acceptors (Lipinski definition) is 4. The lowest BCUT2D eigenvalue weighted by Crippen LogP contribution is -2.24. The fourth-order valence-electron chi connectivity index (χ4n) is 3.99. The van der Waals surface area contributed by atoms with Crippen LogP contribution in [-0.2, 0) is 0 Å². The maximum atomic E-state index is 12.5. The Labute approximate surface area is 173 Å². The topological polar surface area (TPSA) is 44.8 Å². The molecular formula is C24H29N3O2. The van der Waals surface area contributed by atoms with Crippen molar-refractivity contribution in [1.29, 1.82) is 0 Å². The Morgan fingerprint density at radius 3 is 2.55 bits per heavy atom. The number of anilines is 2. The van der Waals surface area contributed by atoms with E-state index in [-0.39, 0.29) is 5.91 Å². The number of carbonyl (C=O) groups is 1. The third kappa shape index (κ3) is 4.56. The Bertz CT molecular complexity index is 874. The molecule has 152 valence electrons. The molecule has 4 rings (SSSR count). The Morgan fingerprint density at radius 2 is 1.86 bits per heavy atom. The van der Waals surface area contributed by atoms with Crippen molar-refractivity contribution in [3.05, 3.63) is 65.9 Å². The molecule has 1 atom stereocenters. The minimum atomic E-state index is -0.109. The molecule has 0 bridgehead atoms. The average Bonchev–Trinajstić information content (AvgIpc) is 3.27. The van der Waals surface area contributed by atoms with Crippen molar-refractivity contribution in [2.24, 2.45) is 5.92 Å². The zero-order chi connectivity index (χ0) is 20.2. The van der Waals surface area contributed by atoms with Gasteiger partial charge in [-0.1, -0.05) is 13.3 Å². The van der Waals surface area contributed by atoms with E-state index in [2.05, 4.69) is 47.4 Å². The van der Waals surface area contributed by atoms with E-state index in [1.165, 1.54) is 11.3 Å². The molecule has 5 heteroatoms. The van der Waals surface area contributed by atoms with Gasteiger partial charge in [0.15, 0.2) is 0 Å². The molecule has 2 heterocycles. The normalized spacial score (nSPS) is 17.9. The molecule has 0 spiro atoms. The summed E-state index contributed by atoms with van der Waals surface area (Å²) in [7, 11) is 2.14. The van der Waals surface area contributed by atoms with Crippen molar-refractivity contribution in [3.63, 3.8) is 0 Å². The summed E-state index contributed by atoms with van der Waals surface area (Å²) in [5, 5.41) is 2.98. The third-order valence-electron chi connectivity index (χ3n) is 5.61. The van der Waals surface area contributed by atoms with E-state index in [4.69, 9.17) is 4.74 Å². The van der Waals surface area contributed by atoms with E-state index in [0.29, 0.717) is 18.1 Å². The minimum absolute atomic E-state index is 0.109. The molecule has 0 saturated carbocycles.